The van der Waals surface area contributed by atoms with E-state index in [-0.39, 0.29) is 18.6 Å². The third-order valence-corrected chi connectivity index (χ3v) is 4.13. The largest absolute Gasteiger partial charge is 0.462 e. The second-order valence-electron chi connectivity index (χ2n) is 6.32. The van der Waals surface area contributed by atoms with Gasteiger partial charge in [0, 0.05) is 24.5 Å². The Morgan fingerprint density at radius 3 is 2.66 bits per heavy atom. The van der Waals surface area contributed by atoms with Gasteiger partial charge >= 0.3 is 12.1 Å². The molecule has 0 bridgehead atoms. The first-order valence-electron chi connectivity index (χ1n) is 8.72. The molecule has 0 N–H and O–H groups in total. The van der Waals surface area contributed by atoms with Crippen LogP contribution in [0.3, 0.4) is 0 Å². The number of nitrogens with zero attached hydrogens (tertiary/aromatic N) is 3. The molecule has 0 aliphatic carbocycles. The number of carbonyl (C=O) groups excluding carboxylic acids is 1. The molecular formula is C20H17F4N3O2. The third kappa shape index (κ3) is 4.79. The number of esters is 1. The fourth-order valence-electron chi connectivity index (χ4n) is 2.83. The molecule has 9 heteroatoms. The van der Waals surface area contributed by atoms with Gasteiger partial charge in [-0.25, -0.2) is 13.9 Å². The van der Waals surface area contributed by atoms with Gasteiger partial charge in [-0.15, -0.1) is 0 Å². The van der Waals surface area contributed by atoms with E-state index in [9.17, 15) is 22.4 Å². The Morgan fingerprint density at radius 1 is 1.21 bits per heavy atom. The summed E-state index contributed by atoms with van der Waals surface area (Å²) in [5, 5.41) is 4.27. The lowest BCUT2D eigenvalue weighted by Crippen LogP contribution is -2.07. The van der Waals surface area contributed by atoms with Crippen molar-refractivity contribution >= 4 is 5.97 Å². The highest BCUT2D eigenvalue weighted by Gasteiger charge is 2.31. The predicted molar refractivity (Wildman–Crippen MR) is 96.3 cm³/mol. The summed E-state index contributed by atoms with van der Waals surface area (Å²) in [6.07, 6.45) is -1.66. The molecule has 0 saturated carbocycles. The fraction of sp³-hybridized carbons (Fsp3) is 0.250. The molecule has 2 heterocycles. The van der Waals surface area contributed by atoms with Gasteiger partial charge in [0.1, 0.15) is 11.4 Å². The zero-order valence-corrected chi connectivity index (χ0v) is 15.6. The molecule has 3 aromatic rings. The molecular weight excluding hydrogens is 390 g/mol. The van der Waals surface area contributed by atoms with Gasteiger partial charge in [0.15, 0.2) is 0 Å². The van der Waals surface area contributed by atoms with Crippen molar-refractivity contribution in [3.05, 3.63) is 76.6 Å². The zero-order chi connectivity index (χ0) is 21.2. The van der Waals surface area contributed by atoms with Gasteiger partial charge in [-0.1, -0.05) is 0 Å². The number of ether oxygens (including phenoxy) is 1. The van der Waals surface area contributed by atoms with Gasteiger partial charge < -0.3 is 4.74 Å². The topological polar surface area (TPSA) is 57.0 Å². The maximum Gasteiger partial charge on any atom is 0.416 e. The van der Waals surface area contributed by atoms with Crippen molar-refractivity contribution in [1.29, 1.82) is 0 Å². The number of hydrogen-bond donors (Lipinski definition) is 0. The van der Waals surface area contributed by atoms with Crippen molar-refractivity contribution in [3.8, 4) is 5.69 Å². The van der Waals surface area contributed by atoms with Gasteiger partial charge in [0.25, 0.3) is 0 Å². The third-order valence-electron chi connectivity index (χ3n) is 4.13. The highest BCUT2D eigenvalue weighted by Crippen LogP contribution is 2.31. The van der Waals surface area contributed by atoms with Crippen LogP contribution in [0.5, 0.6) is 0 Å². The molecule has 1 aromatic carbocycles. The Labute approximate surface area is 163 Å². The Morgan fingerprint density at radius 2 is 1.97 bits per heavy atom. The van der Waals surface area contributed by atoms with Crippen LogP contribution < -0.4 is 0 Å². The maximum atomic E-state index is 13.6. The van der Waals surface area contributed by atoms with E-state index >= 15 is 0 Å². The van der Waals surface area contributed by atoms with Crippen LogP contribution in [0.1, 0.15) is 39.8 Å². The number of alkyl halides is 3. The number of benzene rings is 1. The summed E-state index contributed by atoms with van der Waals surface area (Å²) in [6, 6.07) is 5.64. The Balaban J connectivity index is 1.89. The summed E-state index contributed by atoms with van der Waals surface area (Å²) in [6.45, 7) is 3.59. The number of halogens is 4. The molecule has 0 atom stereocenters. The first-order chi connectivity index (χ1) is 13.7. The number of aromatic nitrogens is 3. The van der Waals surface area contributed by atoms with Crippen LogP contribution in [0.25, 0.3) is 5.69 Å². The average Bonchev–Trinajstić information content (AvgIpc) is 3.03. The quantitative estimate of drug-likeness (QED) is 0.462. The van der Waals surface area contributed by atoms with E-state index in [2.05, 4.69) is 10.1 Å². The van der Waals surface area contributed by atoms with E-state index in [1.165, 1.54) is 17.1 Å². The normalized spacial score (nSPS) is 11.5. The van der Waals surface area contributed by atoms with Crippen molar-refractivity contribution in [2.45, 2.75) is 26.4 Å². The number of hydrogen-bond acceptors (Lipinski definition) is 4. The highest BCUT2D eigenvalue weighted by atomic mass is 19.4. The van der Waals surface area contributed by atoms with Gasteiger partial charge in [0.05, 0.1) is 23.6 Å². The van der Waals surface area contributed by atoms with Crippen LogP contribution in [0, 0.1) is 12.7 Å². The van der Waals surface area contributed by atoms with Crippen molar-refractivity contribution < 1.29 is 27.1 Å². The molecule has 0 unspecified atom stereocenters. The molecule has 0 fully saturated rings. The van der Waals surface area contributed by atoms with Crippen LogP contribution in [0.15, 0.2) is 42.7 Å². The van der Waals surface area contributed by atoms with Crippen LogP contribution in [0.4, 0.5) is 17.6 Å². The van der Waals surface area contributed by atoms with Gasteiger partial charge in [-0.2, -0.15) is 18.3 Å². The molecule has 0 amide bonds. The van der Waals surface area contributed by atoms with Crippen molar-refractivity contribution in [1.82, 2.24) is 14.8 Å². The molecule has 3 rings (SSSR count). The summed E-state index contributed by atoms with van der Waals surface area (Å²) < 4.78 is 58.8. The first kappa shape index (κ1) is 20.5. The van der Waals surface area contributed by atoms with E-state index in [1.54, 1.807) is 26.0 Å². The van der Waals surface area contributed by atoms with E-state index < -0.39 is 23.5 Å². The fourth-order valence-corrected chi connectivity index (χ4v) is 2.83. The Kier molecular flexibility index (Phi) is 5.67. The van der Waals surface area contributed by atoms with Gasteiger partial charge in [-0.3, -0.25) is 4.98 Å². The van der Waals surface area contributed by atoms with E-state index in [4.69, 9.17) is 4.74 Å². The number of aryl methyl sites for hydroxylation is 1. The average molecular weight is 407 g/mol. The van der Waals surface area contributed by atoms with Gasteiger partial charge in [0.2, 0.25) is 0 Å². The predicted octanol–water partition coefficient (Wildman–Crippen LogP) is 4.50. The second-order valence-corrected chi connectivity index (χ2v) is 6.32. The van der Waals surface area contributed by atoms with Crippen molar-refractivity contribution in [2.75, 3.05) is 6.61 Å². The summed E-state index contributed by atoms with van der Waals surface area (Å²) in [7, 11) is 0. The molecule has 0 aliphatic heterocycles. The molecule has 5 nitrogen and oxygen atoms in total. The summed E-state index contributed by atoms with van der Waals surface area (Å²) in [5.41, 5.74) is 0.858. The minimum absolute atomic E-state index is 0.000333. The summed E-state index contributed by atoms with van der Waals surface area (Å²) >= 11 is 0. The first-order valence-corrected chi connectivity index (χ1v) is 8.72. The Hall–Kier alpha value is -3.23. The molecule has 0 saturated heterocycles. The van der Waals surface area contributed by atoms with Crippen LogP contribution in [-0.4, -0.2) is 27.3 Å². The molecule has 0 spiro atoms. The van der Waals surface area contributed by atoms with E-state index in [1.807, 2.05) is 0 Å². The minimum Gasteiger partial charge on any atom is -0.462 e. The number of pyridine rings is 1. The Bertz CT molecular complexity index is 1040. The number of carbonyl (C=O) groups is 1. The number of rotatable bonds is 5. The maximum absolute atomic E-state index is 13.6. The lowest BCUT2D eigenvalue weighted by atomic mass is 10.0. The monoisotopic (exact) mass is 407 g/mol. The minimum atomic E-state index is -4.64. The van der Waals surface area contributed by atoms with E-state index in [0.29, 0.717) is 28.7 Å². The second kappa shape index (κ2) is 8.02. The van der Waals surface area contributed by atoms with Crippen LogP contribution in [0.2, 0.25) is 0 Å². The van der Waals surface area contributed by atoms with Crippen LogP contribution >= 0.6 is 0 Å². The summed E-state index contributed by atoms with van der Waals surface area (Å²) in [4.78, 5) is 16.1. The zero-order valence-electron chi connectivity index (χ0n) is 15.6. The molecule has 2 aromatic heterocycles. The van der Waals surface area contributed by atoms with Crippen molar-refractivity contribution in [3.63, 3.8) is 0 Å². The highest BCUT2D eigenvalue weighted by molar-refractivity contribution is 5.90. The van der Waals surface area contributed by atoms with E-state index in [0.717, 1.165) is 12.1 Å². The lowest BCUT2D eigenvalue weighted by Gasteiger charge is -2.10. The van der Waals surface area contributed by atoms with Gasteiger partial charge in [-0.05, 0) is 49.7 Å². The summed E-state index contributed by atoms with van der Waals surface area (Å²) in [5.74, 6) is -1.46. The molecule has 0 radical (unpaired) electrons. The smallest absolute Gasteiger partial charge is 0.416 e. The van der Waals surface area contributed by atoms with Crippen molar-refractivity contribution in [2.24, 2.45) is 0 Å². The molecule has 29 heavy (non-hydrogen) atoms. The SMILES string of the molecule is CCOC(=O)c1cn(-c2ccnc(Cc3cc(F)cc(C(F)(F)F)c3)c2)nc1C. The lowest BCUT2D eigenvalue weighted by molar-refractivity contribution is -0.137. The molecule has 152 valence electrons. The standard InChI is InChI=1S/C20H17F4N3O2/c1-3-29-19(28)18-11-27(26-12(18)2)17-4-5-25-16(10-17)8-13-6-14(20(22,23)24)9-15(21)7-13/h4-7,9-11H,3,8H2,1-2H3. The van der Waals surface area contributed by atoms with Crippen LogP contribution in [-0.2, 0) is 17.3 Å². The molecule has 0 aliphatic rings.